The van der Waals surface area contributed by atoms with Crippen LogP contribution in [0.3, 0.4) is 0 Å². The van der Waals surface area contributed by atoms with Crippen LogP contribution in [0.1, 0.15) is 12.8 Å². The molecule has 2 heterocycles. The van der Waals surface area contributed by atoms with E-state index in [-0.39, 0.29) is 12.0 Å². The van der Waals surface area contributed by atoms with E-state index >= 15 is 0 Å². The SMILES string of the molecule is O=C1Nc2ncccc2OC1CCCBr. The van der Waals surface area contributed by atoms with Crippen molar-refractivity contribution < 1.29 is 9.53 Å². The van der Waals surface area contributed by atoms with Crippen LogP contribution < -0.4 is 10.1 Å². The van der Waals surface area contributed by atoms with Crippen LogP contribution in [0.15, 0.2) is 18.3 Å². The summed E-state index contributed by atoms with van der Waals surface area (Å²) in [6, 6.07) is 3.60. The highest BCUT2D eigenvalue weighted by atomic mass is 79.9. The first kappa shape index (κ1) is 10.4. The van der Waals surface area contributed by atoms with Gasteiger partial charge >= 0.3 is 0 Å². The van der Waals surface area contributed by atoms with Crippen molar-refractivity contribution >= 4 is 27.7 Å². The van der Waals surface area contributed by atoms with Crippen molar-refractivity contribution in [3.63, 3.8) is 0 Å². The standard InChI is InChI=1S/C10H11BrN2O2/c11-5-1-3-8-10(14)13-9-7(15-8)4-2-6-12-9/h2,4,6,8H,1,3,5H2,(H,12,13,14). The Bertz CT molecular complexity index is 370. The van der Waals surface area contributed by atoms with Gasteiger partial charge in [-0.3, -0.25) is 4.79 Å². The third-order valence-corrected chi connectivity index (χ3v) is 2.73. The second kappa shape index (κ2) is 4.61. The Hall–Kier alpha value is -1.10. The predicted octanol–water partition coefficient (Wildman–Crippen LogP) is 1.96. The van der Waals surface area contributed by atoms with Gasteiger partial charge in [0.05, 0.1) is 0 Å². The van der Waals surface area contributed by atoms with Crippen LogP contribution in [-0.2, 0) is 4.79 Å². The van der Waals surface area contributed by atoms with Crippen LogP contribution in [0, 0.1) is 0 Å². The monoisotopic (exact) mass is 270 g/mol. The van der Waals surface area contributed by atoms with E-state index < -0.39 is 0 Å². The third-order valence-electron chi connectivity index (χ3n) is 2.17. The molecule has 2 rings (SSSR count). The number of ether oxygens (including phenoxy) is 1. The normalized spacial score (nSPS) is 19.0. The summed E-state index contributed by atoms with van der Waals surface area (Å²) in [6.07, 6.45) is 2.86. The molecule has 5 heteroatoms. The predicted molar refractivity (Wildman–Crippen MR) is 60.3 cm³/mol. The molecule has 0 spiro atoms. The van der Waals surface area contributed by atoms with E-state index in [0.717, 1.165) is 11.8 Å². The number of carbonyl (C=O) groups excluding carboxylic acids is 1. The second-order valence-electron chi connectivity index (χ2n) is 3.28. The zero-order valence-corrected chi connectivity index (χ0v) is 9.66. The minimum Gasteiger partial charge on any atom is -0.477 e. The Balaban J connectivity index is 2.11. The minimum atomic E-state index is -0.390. The molecular weight excluding hydrogens is 260 g/mol. The molecule has 0 fully saturated rings. The molecule has 15 heavy (non-hydrogen) atoms. The van der Waals surface area contributed by atoms with Gasteiger partial charge in [0.25, 0.3) is 5.91 Å². The molecule has 1 aromatic rings. The molecule has 0 saturated heterocycles. The van der Waals surface area contributed by atoms with E-state index in [1.54, 1.807) is 12.3 Å². The molecule has 1 amide bonds. The first-order valence-electron chi connectivity index (χ1n) is 4.80. The van der Waals surface area contributed by atoms with Gasteiger partial charge in [0, 0.05) is 11.5 Å². The zero-order chi connectivity index (χ0) is 10.7. The zero-order valence-electron chi connectivity index (χ0n) is 8.07. The van der Waals surface area contributed by atoms with E-state index in [4.69, 9.17) is 4.74 Å². The summed E-state index contributed by atoms with van der Waals surface area (Å²) in [5.74, 6) is 1.05. The maximum Gasteiger partial charge on any atom is 0.266 e. The summed E-state index contributed by atoms with van der Waals surface area (Å²) in [6.45, 7) is 0. The van der Waals surface area contributed by atoms with Crippen molar-refractivity contribution in [2.75, 3.05) is 10.6 Å². The van der Waals surface area contributed by atoms with Crippen LogP contribution in [0.25, 0.3) is 0 Å². The van der Waals surface area contributed by atoms with Crippen molar-refractivity contribution in [1.82, 2.24) is 4.98 Å². The quantitative estimate of drug-likeness (QED) is 0.855. The number of alkyl halides is 1. The molecule has 1 aliphatic rings. The van der Waals surface area contributed by atoms with E-state index in [1.807, 2.05) is 6.07 Å². The van der Waals surface area contributed by atoms with Crippen LogP contribution in [-0.4, -0.2) is 22.3 Å². The fourth-order valence-corrected chi connectivity index (χ4v) is 1.76. The Morgan fingerprint density at radius 2 is 2.47 bits per heavy atom. The number of halogens is 1. The maximum atomic E-state index is 11.6. The van der Waals surface area contributed by atoms with E-state index in [1.165, 1.54) is 0 Å². The van der Waals surface area contributed by atoms with Gasteiger partial charge in [0.2, 0.25) is 0 Å². The lowest BCUT2D eigenvalue weighted by Crippen LogP contribution is -2.37. The van der Waals surface area contributed by atoms with Crippen molar-refractivity contribution in [2.24, 2.45) is 0 Å². The van der Waals surface area contributed by atoms with Crippen LogP contribution in [0.4, 0.5) is 5.82 Å². The van der Waals surface area contributed by atoms with Gasteiger partial charge in [-0.05, 0) is 25.0 Å². The summed E-state index contributed by atoms with van der Waals surface area (Å²) in [5, 5.41) is 3.60. The van der Waals surface area contributed by atoms with Gasteiger partial charge < -0.3 is 10.1 Å². The molecule has 0 saturated carbocycles. The topological polar surface area (TPSA) is 51.2 Å². The maximum absolute atomic E-state index is 11.6. The minimum absolute atomic E-state index is 0.109. The van der Waals surface area contributed by atoms with E-state index in [0.29, 0.717) is 18.0 Å². The molecule has 1 N–H and O–H groups in total. The van der Waals surface area contributed by atoms with Gasteiger partial charge in [-0.25, -0.2) is 4.98 Å². The molecule has 4 nitrogen and oxygen atoms in total. The highest BCUT2D eigenvalue weighted by Gasteiger charge is 2.27. The number of nitrogens with one attached hydrogen (secondary N) is 1. The molecule has 1 aromatic heterocycles. The third kappa shape index (κ3) is 2.28. The first-order chi connectivity index (χ1) is 7.31. The largest absolute Gasteiger partial charge is 0.477 e. The Kier molecular flexibility index (Phi) is 3.20. The molecule has 0 bridgehead atoms. The van der Waals surface area contributed by atoms with Gasteiger partial charge in [0.15, 0.2) is 17.7 Å². The Labute approximate surface area is 96.2 Å². The average molecular weight is 271 g/mol. The molecule has 80 valence electrons. The molecular formula is C10H11BrN2O2. The van der Waals surface area contributed by atoms with Gasteiger partial charge in [0.1, 0.15) is 0 Å². The number of carbonyl (C=O) groups is 1. The fraction of sp³-hybridized carbons (Fsp3) is 0.400. The van der Waals surface area contributed by atoms with Crippen molar-refractivity contribution in [2.45, 2.75) is 18.9 Å². The highest BCUT2D eigenvalue weighted by molar-refractivity contribution is 9.09. The summed E-state index contributed by atoms with van der Waals surface area (Å²) in [4.78, 5) is 15.6. The Morgan fingerprint density at radius 3 is 3.27 bits per heavy atom. The lowest BCUT2D eigenvalue weighted by molar-refractivity contribution is -0.123. The molecule has 1 aliphatic heterocycles. The number of anilines is 1. The summed E-state index contributed by atoms with van der Waals surface area (Å²) < 4.78 is 5.55. The van der Waals surface area contributed by atoms with Crippen molar-refractivity contribution in [3.05, 3.63) is 18.3 Å². The summed E-state index contributed by atoms with van der Waals surface area (Å²) >= 11 is 3.33. The fourth-order valence-electron chi connectivity index (χ4n) is 1.44. The molecule has 0 aromatic carbocycles. The highest BCUT2D eigenvalue weighted by Crippen LogP contribution is 2.27. The number of pyridine rings is 1. The summed E-state index contributed by atoms with van der Waals surface area (Å²) in [7, 11) is 0. The number of rotatable bonds is 3. The molecule has 0 radical (unpaired) electrons. The number of fused-ring (bicyclic) bond motifs is 1. The smallest absolute Gasteiger partial charge is 0.266 e. The lowest BCUT2D eigenvalue weighted by atomic mass is 10.1. The molecule has 1 unspecified atom stereocenters. The molecule has 1 atom stereocenters. The van der Waals surface area contributed by atoms with E-state index in [9.17, 15) is 4.79 Å². The van der Waals surface area contributed by atoms with Gasteiger partial charge in [-0.15, -0.1) is 0 Å². The number of amides is 1. The number of hydrogen-bond acceptors (Lipinski definition) is 3. The van der Waals surface area contributed by atoms with Gasteiger partial charge in [-0.2, -0.15) is 0 Å². The first-order valence-corrected chi connectivity index (χ1v) is 5.92. The van der Waals surface area contributed by atoms with Crippen molar-refractivity contribution in [3.8, 4) is 5.75 Å². The van der Waals surface area contributed by atoms with Crippen molar-refractivity contribution in [1.29, 1.82) is 0 Å². The average Bonchev–Trinajstić information content (AvgIpc) is 2.26. The van der Waals surface area contributed by atoms with Crippen LogP contribution in [0.5, 0.6) is 5.75 Å². The van der Waals surface area contributed by atoms with Crippen LogP contribution in [0.2, 0.25) is 0 Å². The number of nitrogens with zero attached hydrogens (tertiary/aromatic N) is 1. The van der Waals surface area contributed by atoms with Crippen LogP contribution >= 0.6 is 15.9 Å². The summed E-state index contributed by atoms with van der Waals surface area (Å²) in [5.41, 5.74) is 0. The van der Waals surface area contributed by atoms with E-state index in [2.05, 4.69) is 26.2 Å². The number of hydrogen-bond donors (Lipinski definition) is 1. The number of aromatic nitrogens is 1. The second-order valence-corrected chi connectivity index (χ2v) is 4.07. The molecule has 0 aliphatic carbocycles. The Morgan fingerprint density at radius 1 is 1.60 bits per heavy atom. The lowest BCUT2D eigenvalue weighted by Gasteiger charge is -2.24. The van der Waals surface area contributed by atoms with Gasteiger partial charge in [-0.1, -0.05) is 15.9 Å².